The Labute approximate surface area is 195 Å². The number of nitrogens with zero attached hydrogens (tertiary/aromatic N) is 2. The first-order valence-corrected chi connectivity index (χ1v) is 10.7. The van der Waals surface area contributed by atoms with Crippen molar-refractivity contribution in [2.45, 2.75) is 26.0 Å². The Morgan fingerprint density at radius 2 is 1.74 bits per heavy atom. The van der Waals surface area contributed by atoms with Crippen LogP contribution in [0, 0.1) is 11.3 Å². The van der Waals surface area contributed by atoms with Crippen LogP contribution in [0.5, 0.6) is 5.75 Å². The lowest BCUT2D eigenvalue weighted by atomic mass is 10.1. The standard InChI is InChI=1S/C26H22N4O4/c27-15-13-18-9-11-20(12-10-18)34-17-19-5-1-3-7-22(19)28-24(31)14-16-30-23-8-4-2-6-21(23)25(32)29-26(30)33/h1-12H,13-14,16-17H2,(H,28,31)(H,29,32,33). The minimum atomic E-state index is -0.550. The molecule has 0 aliphatic carbocycles. The summed E-state index contributed by atoms with van der Waals surface area (Å²) in [6, 6.07) is 23.5. The van der Waals surface area contributed by atoms with Gasteiger partial charge in [-0.25, -0.2) is 4.79 Å². The molecule has 0 radical (unpaired) electrons. The second-order valence-electron chi connectivity index (χ2n) is 7.65. The minimum absolute atomic E-state index is 0.0471. The van der Waals surface area contributed by atoms with E-state index >= 15 is 0 Å². The highest BCUT2D eigenvalue weighted by Crippen LogP contribution is 2.20. The summed E-state index contributed by atoms with van der Waals surface area (Å²) in [4.78, 5) is 39.3. The van der Waals surface area contributed by atoms with Gasteiger partial charge in [-0.15, -0.1) is 0 Å². The Bertz CT molecular complexity index is 1480. The van der Waals surface area contributed by atoms with Crippen molar-refractivity contribution in [2.24, 2.45) is 0 Å². The van der Waals surface area contributed by atoms with Crippen LogP contribution in [0.3, 0.4) is 0 Å². The Hall–Kier alpha value is -4.64. The average Bonchev–Trinajstić information content (AvgIpc) is 2.84. The van der Waals surface area contributed by atoms with E-state index in [4.69, 9.17) is 10.00 Å². The number of amides is 1. The summed E-state index contributed by atoms with van der Waals surface area (Å²) in [6.07, 6.45) is 0.390. The number of hydrogen-bond acceptors (Lipinski definition) is 5. The van der Waals surface area contributed by atoms with Crippen molar-refractivity contribution < 1.29 is 9.53 Å². The van der Waals surface area contributed by atoms with Crippen LogP contribution < -0.4 is 21.3 Å². The summed E-state index contributed by atoms with van der Waals surface area (Å²) in [5.74, 6) is 0.391. The third-order valence-electron chi connectivity index (χ3n) is 5.36. The van der Waals surface area contributed by atoms with E-state index in [1.165, 1.54) is 4.57 Å². The van der Waals surface area contributed by atoms with E-state index < -0.39 is 11.2 Å². The van der Waals surface area contributed by atoms with Gasteiger partial charge in [-0.3, -0.25) is 19.1 Å². The quantitative estimate of drug-likeness (QED) is 0.423. The molecule has 8 heteroatoms. The molecule has 0 atom stereocenters. The summed E-state index contributed by atoms with van der Waals surface area (Å²) in [5, 5.41) is 12.0. The smallest absolute Gasteiger partial charge is 0.328 e. The molecule has 0 spiro atoms. The summed E-state index contributed by atoms with van der Waals surface area (Å²) in [5.41, 5.74) is 1.81. The summed E-state index contributed by atoms with van der Waals surface area (Å²) < 4.78 is 7.23. The molecule has 0 bridgehead atoms. The van der Waals surface area contributed by atoms with Gasteiger partial charge in [0, 0.05) is 24.2 Å². The molecular formula is C26H22N4O4. The number of ether oxygens (including phenoxy) is 1. The molecule has 0 aliphatic rings. The SMILES string of the molecule is N#CCc1ccc(OCc2ccccc2NC(=O)CCn2c(=O)[nH]c(=O)c3ccccc32)cc1. The van der Waals surface area contributed by atoms with Crippen LogP contribution in [0.2, 0.25) is 0 Å². The highest BCUT2D eigenvalue weighted by molar-refractivity contribution is 5.91. The zero-order valence-corrected chi connectivity index (χ0v) is 18.3. The highest BCUT2D eigenvalue weighted by Gasteiger charge is 2.11. The van der Waals surface area contributed by atoms with Crippen molar-refractivity contribution in [3.63, 3.8) is 0 Å². The van der Waals surface area contributed by atoms with Gasteiger partial charge in [-0.1, -0.05) is 42.5 Å². The van der Waals surface area contributed by atoms with Gasteiger partial charge < -0.3 is 10.1 Å². The van der Waals surface area contributed by atoms with E-state index in [0.29, 0.717) is 28.8 Å². The number of carbonyl (C=O) groups is 1. The van der Waals surface area contributed by atoms with Gasteiger partial charge in [0.15, 0.2) is 0 Å². The predicted molar refractivity (Wildman–Crippen MR) is 129 cm³/mol. The minimum Gasteiger partial charge on any atom is -0.489 e. The lowest BCUT2D eigenvalue weighted by molar-refractivity contribution is -0.116. The Kier molecular flexibility index (Phi) is 6.84. The Morgan fingerprint density at radius 1 is 1.00 bits per heavy atom. The maximum atomic E-state index is 12.7. The number of fused-ring (bicyclic) bond motifs is 1. The molecule has 1 aromatic heterocycles. The fourth-order valence-corrected chi connectivity index (χ4v) is 3.61. The maximum absolute atomic E-state index is 12.7. The van der Waals surface area contributed by atoms with Gasteiger partial charge >= 0.3 is 5.69 Å². The summed E-state index contributed by atoms with van der Waals surface area (Å²) in [6.45, 7) is 0.369. The third-order valence-corrected chi connectivity index (χ3v) is 5.36. The fourth-order valence-electron chi connectivity index (χ4n) is 3.61. The number of nitrogens with one attached hydrogen (secondary N) is 2. The predicted octanol–water partition coefficient (Wildman–Crippen LogP) is 3.36. The van der Waals surface area contributed by atoms with E-state index in [1.807, 2.05) is 30.3 Å². The van der Waals surface area contributed by atoms with Crippen molar-refractivity contribution in [2.75, 3.05) is 5.32 Å². The van der Waals surface area contributed by atoms with E-state index in [1.54, 1.807) is 42.5 Å². The van der Waals surface area contributed by atoms with E-state index in [-0.39, 0.29) is 25.5 Å². The van der Waals surface area contributed by atoms with Crippen LogP contribution in [-0.4, -0.2) is 15.5 Å². The third kappa shape index (κ3) is 5.22. The van der Waals surface area contributed by atoms with Crippen molar-refractivity contribution in [3.8, 4) is 11.8 Å². The van der Waals surface area contributed by atoms with Gasteiger partial charge in [0.2, 0.25) is 5.91 Å². The Morgan fingerprint density at radius 3 is 2.53 bits per heavy atom. The monoisotopic (exact) mass is 454 g/mol. The number of aromatic amines is 1. The lowest BCUT2D eigenvalue weighted by Crippen LogP contribution is -2.31. The largest absolute Gasteiger partial charge is 0.489 e. The molecule has 0 fully saturated rings. The molecule has 4 aromatic rings. The molecule has 0 aliphatic heterocycles. The molecule has 3 aromatic carbocycles. The molecule has 1 amide bonds. The number of H-pyrrole nitrogens is 1. The molecule has 34 heavy (non-hydrogen) atoms. The van der Waals surface area contributed by atoms with Gasteiger partial charge in [-0.2, -0.15) is 5.26 Å². The van der Waals surface area contributed by atoms with Crippen molar-refractivity contribution in [1.82, 2.24) is 9.55 Å². The molecule has 0 saturated heterocycles. The van der Waals surface area contributed by atoms with Crippen molar-refractivity contribution >= 4 is 22.5 Å². The highest BCUT2D eigenvalue weighted by atomic mass is 16.5. The van der Waals surface area contributed by atoms with Crippen molar-refractivity contribution in [1.29, 1.82) is 5.26 Å². The number of hydrogen-bond donors (Lipinski definition) is 2. The molecule has 0 unspecified atom stereocenters. The molecule has 1 heterocycles. The number of aryl methyl sites for hydroxylation is 1. The molecule has 4 rings (SSSR count). The first kappa shape index (κ1) is 22.6. The molecule has 0 saturated carbocycles. The van der Waals surface area contributed by atoms with E-state index in [9.17, 15) is 14.4 Å². The fraction of sp³-hybridized carbons (Fsp3) is 0.154. The van der Waals surface area contributed by atoms with E-state index in [2.05, 4.69) is 16.4 Å². The summed E-state index contributed by atoms with van der Waals surface area (Å²) in [7, 11) is 0. The second-order valence-corrected chi connectivity index (χ2v) is 7.65. The topological polar surface area (TPSA) is 117 Å². The van der Waals surface area contributed by atoms with Crippen LogP contribution >= 0.6 is 0 Å². The maximum Gasteiger partial charge on any atom is 0.328 e. The lowest BCUT2D eigenvalue weighted by Gasteiger charge is -2.13. The number of nitriles is 1. The Balaban J connectivity index is 1.42. The number of aromatic nitrogens is 2. The number of carbonyl (C=O) groups excluding carboxylic acids is 1. The van der Waals surface area contributed by atoms with Crippen molar-refractivity contribution in [3.05, 3.63) is 105 Å². The first-order chi connectivity index (χ1) is 16.5. The normalized spacial score (nSPS) is 10.6. The number of rotatable bonds is 8. The number of anilines is 1. The van der Waals surface area contributed by atoms with E-state index in [0.717, 1.165) is 11.1 Å². The average molecular weight is 454 g/mol. The second kappa shape index (κ2) is 10.3. The zero-order valence-electron chi connectivity index (χ0n) is 18.3. The molecule has 8 nitrogen and oxygen atoms in total. The van der Waals surface area contributed by atoms with Crippen LogP contribution in [0.4, 0.5) is 5.69 Å². The van der Waals surface area contributed by atoms with Crippen LogP contribution in [-0.2, 0) is 24.4 Å². The summed E-state index contributed by atoms with van der Waals surface area (Å²) >= 11 is 0. The van der Waals surface area contributed by atoms with Crippen LogP contribution in [0.25, 0.3) is 10.9 Å². The zero-order chi connectivity index (χ0) is 23.9. The molecule has 170 valence electrons. The molecule has 2 N–H and O–H groups in total. The van der Waals surface area contributed by atoms with Crippen LogP contribution in [0.1, 0.15) is 17.5 Å². The van der Waals surface area contributed by atoms with Gasteiger partial charge in [0.25, 0.3) is 5.56 Å². The van der Waals surface area contributed by atoms with Gasteiger partial charge in [0.05, 0.1) is 23.4 Å². The number of para-hydroxylation sites is 2. The van der Waals surface area contributed by atoms with Gasteiger partial charge in [0.1, 0.15) is 12.4 Å². The first-order valence-electron chi connectivity index (χ1n) is 10.7. The number of benzene rings is 3. The molecular weight excluding hydrogens is 432 g/mol. The van der Waals surface area contributed by atoms with Gasteiger partial charge in [-0.05, 0) is 35.9 Å². The van der Waals surface area contributed by atoms with Crippen LogP contribution in [0.15, 0.2) is 82.4 Å².